The Bertz CT molecular complexity index is 2500. The van der Waals surface area contributed by atoms with Gasteiger partial charge in [-0.2, -0.15) is 0 Å². The fourth-order valence-corrected chi connectivity index (χ4v) is 6.78. The second kappa shape index (κ2) is 9.62. The minimum atomic E-state index is 0.865. The summed E-state index contributed by atoms with van der Waals surface area (Å²) in [6.45, 7) is 2.16. The molecule has 0 saturated heterocycles. The van der Waals surface area contributed by atoms with E-state index >= 15 is 0 Å². The largest absolute Gasteiger partial charge is 0.456 e. The van der Waals surface area contributed by atoms with E-state index in [1.54, 1.807) is 0 Å². The first-order valence-corrected chi connectivity index (χ1v) is 14.9. The second-order valence-corrected chi connectivity index (χ2v) is 11.4. The molecule has 3 nitrogen and oxygen atoms in total. The monoisotopic (exact) mass is 565 g/mol. The predicted octanol–water partition coefficient (Wildman–Crippen LogP) is 12.1. The Kier molecular flexibility index (Phi) is 5.41. The van der Waals surface area contributed by atoms with E-state index in [9.17, 15) is 0 Å². The normalized spacial score (nSPS) is 11.8. The van der Waals surface area contributed by atoms with Gasteiger partial charge in [-0.25, -0.2) is 0 Å². The van der Waals surface area contributed by atoms with Gasteiger partial charge in [0.05, 0.1) is 16.8 Å². The zero-order valence-electron chi connectivity index (χ0n) is 24.1. The molecular weight excluding hydrogens is 538 g/mol. The maximum Gasteiger partial charge on any atom is 0.143 e. The van der Waals surface area contributed by atoms with Crippen molar-refractivity contribution in [2.75, 3.05) is 4.90 Å². The van der Waals surface area contributed by atoms with Crippen molar-refractivity contribution in [2.24, 2.45) is 0 Å². The molecule has 0 radical (unpaired) electrons. The number of anilines is 3. The van der Waals surface area contributed by atoms with Crippen molar-refractivity contribution in [1.82, 2.24) is 0 Å². The van der Waals surface area contributed by atoms with E-state index in [-0.39, 0.29) is 0 Å². The number of para-hydroxylation sites is 1. The van der Waals surface area contributed by atoms with E-state index < -0.39 is 0 Å². The molecular formula is C41H27NO2. The van der Waals surface area contributed by atoms with E-state index in [2.05, 4.69) is 145 Å². The third kappa shape index (κ3) is 3.69. The van der Waals surface area contributed by atoms with Gasteiger partial charge < -0.3 is 13.7 Å². The molecule has 0 bridgehead atoms. The highest BCUT2D eigenvalue weighted by Gasteiger charge is 2.23. The minimum Gasteiger partial charge on any atom is -0.456 e. The van der Waals surface area contributed by atoms with Crippen LogP contribution < -0.4 is 4.90 Å². The molecule has 0 fully saturated rings. The third-order valence-corrected chi connectivity index (χ3v) is 8.78. The van der Waals surface area contributed by atoms with Gasteiger partial charge in [0.1, 0.15) is 22.3 Å². The Hall–Kier alpha value is -5.80. The van der Waals surface area contributed by atoms with Crippen molar-refractivity contribution >= 4 is 71.7 Å². The van der Waals surface area contributed by atoms with Gasteiger partial charge in [0, 0.05) is 32.6 Å². The summed E-state index contributed by atoms with van der Waals surface area (Å²) in [6.07, 6.45) is 0. The Morgan fingerprint density at radius 3 is 1.89 bits per heavy atom. The summed E-state index contributed by atoms with van der Waals surface area (Å²) in [5, 5.41) is 6.66. The molecule has 208 valence electrons. The molecule has 0 spiro atoms. The van der Waals surface area contributed by atoms with Crippen LogP contribution in [-0.4, -0.2) is 0 Å². The van der Waals surface area contributed by atoms with Crippen molar-refractivity contribution in [3.63, 3.8) is 0 Å². The van der Waals surface area contributed by atoms with E-state index in [1.807, 2.05) is 12.1 Å². The van der Waals surface area contributed by atoms with Gasteiger partial charge in [-0.05, 0) is 66.1 Å². The molecule has 0 atom stereocenters. The van der Waals surface area contributed by atoms with E-state index in [4.69, 9.17) is 8.83 Å². The van der Waals surface area contributed by atoms with Gasteiger partial charge in [0.15, 0.2) is 0 Å². The van der Waals surface area contributed by atoms with Gasteiger partial charge in [-0.15, -0.1) is 0 Å². The molecule has 7 aromatic carbocycles. The van der Waals surface area contributed by atoms with Gasteiger partial charge in [-0.3, -0.25) is 0 Å². The fourth-order valence-electron chi connectivity index (χ4n) is 6.78. The Balaban J connectivity index is 1.39. The van der Waals surface area contributed by atoms with Crippen LogP contribution >= 0.6 is 0 Å². The number of hydrogen-bond donors (Lipinski definition) is 0. The van der Waals surface area contributed by atoms with Gasteiger partial charge in [0.2, 0.25) is 0 Å². The minimum absolute atomic E-state index is 0.865. The summed E-state index contributed by atoms with van der Waals surface area (Å²) in [4.78, 5) is 2.39. The average molecular weight is 566 g/mol. The van der Waals surface area contributed by atoms with Crippen LogP contribution in [-0.2, 0) is 0 Å². The lowest BCUT2D eigenvalue weighted by Gasteiger charge is -2.28. The molecule has 0 N–H and O–H groups in total. The number of furan rings is 2. The second-order valence-electron chi connectivity index (χ2n) is 11.4. The Morgan fingerprint density at radius 2 is 1.07 bits per heavy atom. The molecule has 0 aliphatic carbocycles. The van der Waals surface area contributed by atoms with Crippen molar-refractivity contribution in [3.8, 4) is 11.1 Å². The summed E-state index contributed by atoms with van der Waals surface area (Å²) >= 11 is 0. The first-order valence-electron chi connectivity index (χ1n) is 14.9. The molecule has 44 heavy (non-hydrogen) atoms. The molecule has 0 aliphatic heterocycles. The standard InChI is InChI=1S/C41H27NO2/c1-26-11-9-19-37-39(26)33-25-35(30-14-5-6-15-31(30)41(33)44-37)42(29-23-21-28(22-24-29)27-12-3-2-4-13-27)34-17-10-20-38-40(34)32-16-7-8-18-36(32)43-38/h2-25H,1H3. The van der Waals surface area contributed by atoms with Crippen molar-refractivity contribution in [2.45, 2.75) is 6.92 Å². The van der Waals surface area contributed by atoms with Crippen molar-refractivity contribution in [3.05, 3.63) is 151 Å². The maximum atomic E-state index is 6.54. The fraction of sp³-hybridized carbons (Fsp3) is 0.0244. The molecule has 3 heteroatoms. The van der Waals surface area contributed by atoms with Gasteiger partial charge in [-0.1, -0.05) is 103 Å². The lowest BCUT2D eigenvalue weighted by atomic mass is 9.99. The number of nitrogens with zero attached hydrogens (tertiary/aromatic N) is 1. The van der Waals surface area contributed by atoms with Crippen LogP contribution in [0.15, 0.2) is 154 Å². The highest BCUT2D eigenvalue weighted by atomic mass is 16.3. The van der Waals surface area contributed by atoms with Crippen molar-refractivity contribution < 1.29 is 8.83 Å². The number of fused-ring (bicyclic) bond motifs is 8. The van der Waals surface area contributed by atoms with Crippen molar-refractivity contribution in [1.29, 1.82) is 0 Å². The maximum absolute atomic E-state index is 6.54. The smallest absolute Gasteiger partial charge is 0.143 e. The van der Waals surface area contributed by atoms with E-state index in [0.717, 1.165) is 71.7 Å². The van der Waals surface area contributed by atoms with Crippen LogP contribution in [0, 0.1) is 6.92 Å². The zero-order chi connectivity index (χ0) is 29.2. The molecule has 2 aromatic heterocycles. The predicted molar refractivity (Wildman–Crippen MR) is 183 cm³/mol. The van der Waals surface area contributed by atoms with Crippen LogP contribution in [0.4, 0.5) is 17.1 Å². The highest BCUT2D eigenvalue weighted by molar-refractivity contribution is 6.21. The number of aryl methyl sites for hydroxylation is 1. The molecule has 9 rings (SSSR count). The molecule has 0 unspecified atom stereocenters. The topological polar surface area (TPSA) is 29.5 Å². The number of hydrogen-bond acceptors (Lipinski definition) is 3. The Labute approximate surface area is 254 Å². The molecule has 0 aliphatic rings. The number of benzene rings is 7. The van der Waals surface area contributed by atoms with Crippen LogP contribution in [0.25, 0.3) is 65.8 Å². The highest BCUT2D eigenvalue weighted by Crippen LogP contribution is 2.48. The molecule has 9 aromatic rings. The summed E-state index contributed by atoms with van der Waals surface area (Å²) in [5.74, 6) is 0. The zero-order valence-corrected chi connectivity index (χ0v) is 24.1. The van der Waals surface area contributed by atoms with Gasteiger partial charge in [0.25, 0.3) is 0 Å². The number of rotatable bonds is 4. The SMILES string of the molecule is Cc1cccc2oc3c4ccccc4c(N(c4ccc(-c5ccccc5)cc4)c4cccc5oc6ccccc6c45)cc3c12. The van der Waals surface area contributed by atoms with Crippen LogP contribution in [0.2, 0.25) is 0 Å². The van der Waals surface area contributed by atoms with Crippen LogP contribution in [0.5, 0.6) is 0 Å². The summed E-state index contributed by atoms with van der Waals surface area (Å²) in [7, 11) is 0. The van der Waals surface area contributed by atoms with E-state index in [0.29, 0.717) is 0 Å². The molecule has 0 amide bonds. The average Bonchev–Trinajstić information content (AvgIpc) is 3.65. The Morgan fingerprint density at radius 1 is 0.432 bits per heavy atom. The van der Waals surface area contributed by atoms with Gasteiger partial charge >= 0.3 is 0 Å². The summed E-state index contributed by atoms with van der Waals surface area (Å²) in [5.41, 5.74) is 10.4. The van der Waals surface area contributed by atoms with E-state index in [1.165, 1.54) is 16.7 Å². The van der Waals surface area contributed by atoms with Crippen LogP contribution in [0.1, 0.15) is 5.56 Å². The first kappa shape index (κ1) is 24.8. The third-order valence-electron chi connectivity index (χ3n) is 8.78. The summed E-state index contributed by atoms with van der Waals surface area (Å²) < 4.78 is 12.9. The lowest BCUT2D eigenvalue weighted by Crippen LogP contribution is -2.11. The quantitative estimate of drug-likeness (QED) is 0.213. The summed E-state index contributed by atoms with van der Waals surface area (Å²) in [6, 6.07) is 51.2. The lowest BCUT2D eigenvalue weighted by molar-refractivity contribution is 0.669. The molecule has 2 heterocycles. The van der Waals surface area contributed by atoms with Crippen LogP contribution in [0.3, 0.4) is 0 Å². The molecule has 0 saturated carbocycles. The first-order chi connectivity index (χ1) is 21.7.